The molecule has 2 aliphatic rings. The van der Waals surface area contributed by atoms with Gasteiger partial charge in [0.15, 0.2) is 0 Å². The SMILES string of the molecule is CSc1cccc(N2CCC3(CCCC3)CC2)c1C(N)=S. The monoisotopic (exact) mass is 320 g/mol. The van der Waals surface area contributed by atoms with Crippen LogP contribution < -0.4 is 10.6 Å². The van der Waals surface area contributed by atoms with E-state index in [2.05, 4.69) is 29.4 Å². The summed E-state index contributed by atoms with van der Waals surface area (Å²) in [7, 11) is 0. The van der Waals surface area contributed by atoms with Crippen molar-refractivity contribution in [2.45, 2.75) is 43.4 Å². The fourth-order valence-electron chi connectivity index (χ4n) is 4.05. The van der Waals surface area contributed by atoms with Crippen molar-refractivity contribution in [2.24, 2.45) is 11.1 Å². The summed E-state index contributed by atoms with van der Waals surface area (Å²) in [4.78, 5) is 4.22. The van der Waals surface area contributed by atoms with Crippen LogP contribution in [0.15, 0.2) is 23.1 Å². The van der Waals surface area contributed by atoms with Crippen molar-refractivity contribution in [3.8, 4) is 0 Å². The van der Waals surface area contributed by atoms with Gasteiger partial charge in [0, 0.05) is 29.2 Å². The fourth-order valence-corrected chi connectivity index (χ4v) is 4.96. The lowest BCUT2D eigenvalue weighted by Crippen LogP contribution is -2.39. The second-order valence-corrected chi connectivity index (χ2v) is 7.70. The number of nitrogens with zero attached hydrogens (tertiary/aromatic N) is 1. The van der Waals surface area contributed by atoms with E-state index in [0.29, 0.717) is 10.4 Å². The highest BCUT2D eigenvalue weighted by atomic mass is 32.2. The van der Waals surface area contributed by atoms with Gasteiger partial charge in [-0.2, -0.15) is 0 Å². The number of anilines is 1. The number of thiocarbonyl (C=S) groups is 1. The number of hydrogen-bond donors (Lipinski definition) is 1. The molecule has 1 heterocycles. The Bertz CT molecular complexity index is 526. The minimum Gasteiger partial charge on any atom is -0.389 e. The lowest BCUT2D eigenvalue weighted by Gasteiger charge is -2.41. The van der Waals surface area contributed by atoms with Crippen molar-refractivity contribution in [3.63, 3.8) is 0 Å². The first-order valence-corrected chi connectivity index (χ1v) is 9.50. The average Bonchev–Trinajstić information content (AvgIpc) is 2.95. The van der Waals surface area contributed by atoms with Crippen LogP contribution in [0.2, 0.25) is 0 Å². The van der Waals surface area contributed by atoms with E-state index in [1.54, 1.807) is 11.8 Å². The summed E-state index contributed by atoms with van der Waals surface area (Å²) in [5.41, 5.74) is 8.96. The van der Waals surface area contributed by atoms with E-state index in [4.69, 9.17) is 18.0 Å². The molecule has 0 atom stereocenters. The molecule has 0 unspecified atom stereocenters. The molecule has 0 radical (unpaired) electrons. The second kappa shape index (κ2) is 6.17. The number of nitrogens with two attached hydrogens (primary N) is 1. The van der Waals surface area contributed by atoms with E-state index in [1.807, 2.05) is 0 Å². The van der Waals surface area contributed by atoms with Crippen molar-refractivity contribution >= 4 is 34.7 Å². The number of piperidine rings is 1. The van der Waals surface area contributed by atoms with Crippen LogP contribution in [0, 0.1) is 5.41 Å². The molecule has 1 saturated heterocycles. The highest BCUT2D eigenvalue weighted by Gasteiger charge is 2.37. The topological polar surface area (TPSA) is 29.3 Å². The number of rotatable bonds is 3. The molecule has 1 aliphatic carbocycles. The largest absolute Gasteiger partial charge is 0.389 e. The van der Waals surface area contributed by atoms with Crippen LogP contribution in [0.4, 0.5) is 5.69 Å². The first-order chi connectivity index (χ1) is 10.2. The van der Waals surface area contributed by atoms with Gasteiger partial charge in [0.25, 0.3) is 0 Å². The Kier molecular flexibility index (Phi) is 4.46. The third kappa shape index (κ3) is 2.93. The van der Waals surface area contributed by atoms with Crippen LogP contribution in [0.5, 0.6) is 0 Å². The van der Waals surface area contributed by atoms with Gasteiger partial charge in [0.05, 0.1) is 0 Å². The minimum atomic E-state index is 0.524. The van der Waals surface area contributed by atoms with E-state index >= 15 is 0 Å². The first-order valence-electron chi connectivity index (χ1n) is 7.87. The second-order valence-electron chi connectivity index (χ2n) is 6.41. The Balaban J connectivity index is 1.83. The van der Waals surface area contributed by atoms with Gasteiger partial charge in [0.1, 0.15) is 4.99 Å². The van der Waals surface area contributed by atoms with Crippen LogP contribution in [0.1, 0.15) is 44.1 Å². The standard InChI is InChI=1S/C17H24N2S2/c1-21-14-6-4-5-13(15(14)16(18)20)19-11-9-17(10-12-19)7-2-3-8-17/h4-6H,2-3,7-12H2,1H3,(H2,18,20). The van der Waals surface area contributed by atoms with Gasteiger partial charge in [-0.25, -0.2) is 0 Å². The summed E-state index contributed by atoms with van der Waals surface area (Å²) < 4.78 is 0. The molecule has 114 valence electrons. The van der Waals surface area contributed by atoms with Gasteiger partial charge < -0.3 is 10.6 Å². The zero-order chi connectivity index (χ0) is 14.9. The molecular formula is C17H24N2S2. The molecule has 3 rings (SSSR count). The normalized spacial score (nSPS) is 20.9. The van der Waals surface area contributed by atoms with Gasteiger partial charge in [-0.05, 0) is 49.5 Å². The Morgan fingerprint density at radius 2 is 1.86 bits per heavy atom. The minimum absolute atomic E-state index is 0.524. The van der Waals surface area contributed by atoms with Crippen molar-refractivity contribution in [3.05, 3.63) is 23.8 Å². The van der Waals surface area contributed by atoms with Crippen LogP contribution in [0.25, 0.3) is 0 Å². The summed E-state index contributed by atoms with van der Waals surface area (Å²) in [5.74, 6) is 0. The van der Waals surface area contributed by atoms with Gasteiger partial charge >= 0.3 is 0 Å². The Morgan fingerprint density at radius 3 is 2.43 bits per heavy atom. The molecule has 2 N–H and O–H groups in total. The van der Waals surface area contributed by atoms with Crippen molar-refractivity contribution in [1.82, 2.24) is 0 Å². The number of hydrogen-bond acceptors (Lipinski definition) is 3. The predicted molar refractivity (Wildman–Crippen MR) is 96.5 cm³/mol. The van der Waals surface area contributed by atoms with Gasteiger partial charge in [0.2, 0.25) is 0 Å². The summed E-state index contributed by atoms with van der Waals surface area (Å²) in [6, 6.07) is 6.43. The summed E-state index contributed by atoms with van der Waals surface area (Å²) in [6.45, 7) is 2.29. The predicted octanol–water partition coefficient (Wildman–Crippen LogP) is 4.20. The zero-order valence-electron chi connectivity index (χ0n) is 12.7. The Hall–Kier alpha value is -0.740. The molecule has 1 saturated carbocycles. The fraction of sp³-hybridized carbons (Fsp3) is 0.588. The molecule has 21 heavy (non-hydrogen) atoms. The van der Waals surface area contributed by atoms with Gasteiger partial charge in [-0.15, -0.1) is 11.8 Å². The Morgan fingerprint density at radius 1 is 1.19 bits per heavy atom. The molecule has 1 aromatic carbocycles. The van der Waals surface area contributed by atoms with Crippen molar-refractivity contribution in [2.75, 3.05) is 24.2 Å². The molecular weight excluding hydrogens is 296 g/mol. The average molecular weight is 321 g/mol. The molecule has 4 heteroatoms. The molecule has 0 amide bonds. The third-order valence-corrected chi connectivity index (χ3v) is 6.28. The van der Waals surface area contributed by atoms with Crippen LogP contribution in [0.3, 0.4) is 0 Å². The summed E-state index contributed by atoms with van der Waals surface area (Å²) in [6.07, 6.45) is 10.5. The van der Waals surface area contributed by atoms with Crippen molar-refractivity contribution in [1.29, 1.82) is 0 Å². The van der Waals surface area contributed by atoms with E-state index < -0.39 is 0 Å². The maximum Gasteiger partial charge on any atom is 0.107 e. The van der Waals surface area contributed by atoms with Crippen LogP contribution in [-0.4, -0.2) is 24.3 Å². The smallest absolute Gasteiger partial charge is 0.107 e. The lowest BCUT2D eigenvalue weighted by molar-refractivity contribution is 0.226. The third-order valence-electron chi connectivity index (χ3n) is 5.30. The first kappa shape index (κ1) is 15.2. The molecule has 0 bridgehead atoms. The molecule has 1 spiro atoms. The highest BCUT2D eigenvalue weighted by Crippen LogP contribution is 2.47. The van der Waals surface area contributed by atoms with E-state index in [1.165, 1.54) is 49.1 Å². The van der Waals surface area contributed by atoms with E-state index in [-0.39, 0.29) is 0 Å². The zero-order valence-corrected chi connectivity index (χ0v) is 14.4. The summed E-state index contributed by atoms with van der Waals surface area (Å²) in [5, 5.41) is 0. The van der Waals surface area contributed by atoms with Gasteiger partial charge in [-0.3, -0.25) is 0 Å². The molecule has 0 aromatic heterocycles. The molecule has 2 fully saturated rings. The maximum absolute atomic E-state index is 6.00. The quantitative estimate of drug-likeness (QED) is 0.667. The maximum atomic E-state index is 6.00. The number of benzene rings is 1. The Labute approximate surface area is 137 Å². The van der Waals surface area contributed by atoms with E-state index in [0.717, 1.165) is 18.7 Å². The molecule has 1 aromatic rings. The lowest BCUT2D eigenvalue weighted by atomic mass is 9.77. The van der Waals surface area contributed by atoms with E-state index in [9.17, 15) is 0 Å². The van der Waals surface area contributed by atoms with Crippen LogP contribution in [-0.2, 0) is 0 Å². The number of thioether (sulfide) groups is 1. The van der Waals surface area contributed by atoms with Gasteiger partial charge in [-0.1, -0.05) is 31.1 Å². The molecule has 1 aliphatic heterocycles. The highest BCUT2D eigenvalue weighted by molar-refractivity contribution is 7.98. The summed E-state index contributed by atoms with van der Waals surface area (Å²) >= 11 is 7.04. The van der Waals surface area contributed by atoms with Crippen LogP contribution >= 0.6 is 24.0 Å². The van der Waals surface area contributed by atoms with Crippen molar-refractivity contribution < 1.29 is 0 Å². The molecule has 2 nitrogen and oxygen atoms in total.